The van der Waals surface area contributed by atoms with E-state index in [1.165, 1.54) is 42.3 Å². The van der Waals surface area contributed by atoms with Crippen LogP contribution in [0.3, 0.4) is 0 Å². The van der Waals surface area contributed by atoms with E-state index in [0.717, 1.165) is 60.3 Å². The van der Waals surface area contributed by atoms with Crippen LogP contribution in [-0.4, -0.2) is 32.5 Å². The third kappa shape index (κ3) is 3.93. The summed E-state index contributed by atoms with van der Waals surface area (Å²) in [6.45, 7) is 4.44. The van der Waals surface area contributed by atoms with Crippen LogP contribution in [0, 0.1) is 0 Å². The normalized spacial score (nSPS) is 15.9. The van der Waals surface area contributed by atoms with Gasteiger partial charge in [-0.3, -0.25) is 4.79 Å². The van der Waals surface area contributed by atoms with Crippen LogP contribution in [0.2, 0.25) is 0 Å². The minimum Gasteiger partial charge on any atom is -1.00 e. The van der Waals surface area contributed by atoms with Crippen molar-refractivity contribution in [2.45, 2.75) is 25.7 Å². The number of hydrogen-bond acceptors (Lipinski definition) is 3. The van der Waals surface area contributed by atoms with Gasteiger partial charge in [-0.25, -0.2) is 4.58 Å². The van der Waals surface area contributed by atoms with Crippen molar-refractivity contribution >= 4 is 22.9 Å². The van der Waals surface area contributed by atoms with Gasteiger partial charge >= 0.3 is 0 Å². The number of hydrogen-bond donors (Lipinski definition) is 0. The van der Waals surface area contributed by atoms with Gasteiger partial charge in [0.2, 0.25) is 5.36 Å². The smallest absolute Gasteiger partial charge is 0.203 e. The fraction of sp³-hybridized carbons (Fsp3) is 0.286. The van der Waals surface area contributed by atoms with Crippen LogP contribution in [0.1, 0.15) is 36.0 Å². The van der Waals surface area contributed by atoms with Gasteiger partial charge in [-0.2, -0.15) is 0 Å². The average molecular weight is 459 g/mol. The zero-order chi connectivity index (χ0) is 21.5. The molecule has 0 aromatic heterocycles. The van der Waals surface area contributed by atoms with Crippen molar-refractivity contribution in [3.05, 3.63) is 71.6 Å². The third-order valence-electron chi connectivity index (χ3n) is 6.97. The van der Waals surface area contributed by atoms with Crippen molar-refractivity contribution in [1.29, 1.82) is 0 Å². The Kier molecular flexibility index (Phi) is 5.94. The number of aldehydes is 1. The molecule has 0 saturated carbocycles. The molecule has 6 rings (SSSR count). The summed E-state index contributed by atoms with van der Waals surface area (Å²) >= 11 is 0. The summed E-state index contributed by atoms with van der Waals surface area (Å²) in [7, 11) is 0. The van der Waals surface area contributed by atoms with Crippen LogP contribution in [0.4, 0.5) is 5.69 Å². The predicted octanol–water partition coefficient (Wildman–Crippen LogP) is 2.19. The van der Waals surface area contributed by atoms with Crippen LogP contribution in [0.15, 0.2) is 65.1 Å². The Morgan fingerprint density at radius 2 is 1.61 bits per heavy atom. The number of carbonyl (C=O) groups is 1. The molecule has 5 heteroatoms. The van der Waals surface area contributed by atoms with Gasteiger partial charge in [0.15, 0.2) is 0 Å². The summed E-state index contributed by atoms with van der Waals surface area (Å²) in [5.41, 5.74) is 6.21. The van der Waals surface area contributed by atoms with E-state index in [9.17, 15) is 4.79 Å². The molecular weight excluding hydrogens is 432 g/mol. The molecule has 0 bridgehead atoms. The van der Waals surface area contributed by atoms with E-state index < -0.39 is 0 Å². The number of rotatable bonds is 3. The molecule has 33 heavy (non-hydrogen) atoms. The van der Waals surface area contributed by atoms with Crippen molar-refractivity contribution in [3.63, 3.8) is 0 Å². The summed E-state index contributed by atoms with van der Waals surface area (Å²) in [4.78, 5) is 13.6. The minimum atomic E-state index is 0. The maximum Gasteiger partial charge on any atom is 0.203 e. The lowest BCUT2D eigenvalue weighted by Gasteiger charge is -2.20. The molecule has 0 radical (unpaired) electrons. The maximum atomic E-state index is 11.2. The second-order valence-corrected chi connectivity index (χ2v) is 8.97. The van der Waals surface area contributed by atoms with Gasteiger partial charge in [0, 0.05) is 65.8 Å². The van der Waals surface area contributed by atoms with Crippen LogP contribution >= 0.6 is 0 Å². The average Bonchev–Trinajstić information content (AvgIpc) is 3.57. The number of nitrogens with zero attached hydrogens (tertiary/aromatic N) is 2. The predicted molar refractivity (Wildman–Crippen MR) is 129 cm³/mol. The second kappa shape index (κ2) is 9.03. The summed E-state index contributed by atoms with van der Waals surface area (Å²) in [5.74, 6) is 0.912. The maximum absolute atomic E-state index is 11.2. The molecule has 4 nitrogen and oxygen atoms in total. The van der Waals surface area contributed by atoms with Gasteiger partial charge in [-0.1, -0.05) is 24.3 Å². The topological polar surface area (TPSA) is 36.5 Å². The lowest BCUT2D eigenvalue weighted by atomic mass is 9.93. The SMILES string of the molecule is O=Cc1ccc(-c2c3ccc(=[N+]4CCCC4)cc-3oc3cc(N4CCCC4)ccc23)cc1.[Cl-]. The van der Waals surface area contributed by atoms with Crippen molar-refractivity contribution < 1.29 is 21.6 Å². The molecule has 1 aliphatic carbocycles. The van der Waals surface area contributed by atoms with Gasteiger partial charge in [0.1, 0.15) is 30.7 Å². The van der Waals surface area contributed by atoms with Crippen LogP contribution in [-0.2, 0) is 0 Å². The minimum absolute atomic E-state index is 0. The fourth-order valence-corrected chi connectivity index (χ4v) is 5.25. The molecule has 0 amide bonds. The Bertz CT molecular complexity index is 1340. The highest BCUT2D eigenvalue weighted by Gasteiger charge is 2.21. The Labute approximate surface area is 199 Å². The Morgan fingerprint density at radius 1 is 0.848 bits per heavy atom. The molecule has 0 unspecified atom stereocenters. The van der Waals surface area contributed by atoms with Crippen molar-refractivity contribution in [3.8, 4) is 22.5 Å². The van der Waals surface area contributed by atoms with E-state index in [1.54, 1.807) is 0 Å². The quantitative estimate of drug-likeness (QED) is 0.268. The molecular formula is C28H27ClN2O2. The number of benzene rings is 3. The number of halogens is 1. The monoisotopic (exact) mass is 458 g/mol. The van der Waals surface area contributed by atoms with E-state index in [4.69, 9.17) is 4.42 Å². The molecule has 2 aromatic rings. The highest BCUT2D eigenvalue weighted by molar-refractivity contribution is 6.02. The first-order chi connectivity index (χ1) is 15.8. The van der Waals surface area contributed by atoms with Gasteiger partial charge < -0.3 is 21.7 Å². The molecule has 0 N–H and O–H groups in total. The summed E-state index contributed by atoms with van der Waals surface area (Å²) in [6, 6.07) is 21.1. The number of carbonyl (C=O) groups excluding carboxylic acids is 1. The van der Waals surface area contributed by atoms with Crippen molar-refractivity contribution in [2.75, 3.05) is 31.1 Å². The molecule has 4 aliphatic rings. The Hall–Kier alpha value is -3.11. The molecule has 3 heterocycles. The van der Waals surface area contributed by atoms with Crippen molar-refractivity contribution in [2.24, 2.45) is 0 Å². The van der Waals surface area contributed by atoms with Crippen LogP contribution < -0.4 is 27.2 Å². The summed E-state index contributed by atoms with van der Waals surface area (Å²) in [6.07, 6.45) is 5.90. The number of fused-ring (bicyclic) bond motifs is 2. The molecule has 168 valence electrons. The highest BCUT2D eigenvalue weighted by Crippen LogP contribution is 2.41. The zero-order valence-electron chi connectivity index (χ0n) is 18.6. The molecule has 0 atom stereocenters. The first-order valence-electron chi connectivity index (χ1n) is 11.7. The Morgan fingerprint density at radius 3 is 2.33 bits per heavy atom. The lowest BCUT2D eigenvalue weighted by Crippen LogP contribution is -3.00. The van der Waals surface area contributed by atoms with Gasteiger partial charge in [0.05, 0.1) is 6.07 Å². The Balaban J connectivity index is 0.00000228. The summed E-state index contributed by atoms with van der Waals surface area (Å²) < 4.78 is 8.99. The largest absolute Gasteiger partial charge is 1.00 e. The molecule has 2 saturated heterocycles. The lowest BCUT2D eigenvalue weighted by molar-refractivity contribution is -0.0000131. The highest BCUT2D eigenvalue weighted by atomic mass is 35.5. The van der Waals surface area contributed by atoms with Gasteiger partial charge in [0.25, 0.3) is 0 Å². The molecule has 3 aliphatic heterocycles. The zero-order valence-corrected chi connectivity index (χ0v) is 19.4. The standard InChI is InChI=1S/C28H27N2O2.ClH/c31-19-20-5-7-21(8-6-20)28-24-11-9-22(29-13-1-2-14-29)17-26(24)32-27-18-23(10-12-25(27)28)30-15-3-4-16-30;/h5-12,17-19H,1-4,13-16H2;1H/q+1;/p-1. The fourth-order valence-electron chi connectivity index (χ4n) is 5.25. The first kappa shape index (κ1) is 21.7. The van der Waals surface area contributed by atoms with E-state index in [0.29, 0.717) is 5.56 Å². The van der Waals surface area contributed by atoms with Crippen LogP contribution in [0.25, 0.3) is 33.4 Å². The van der Waals surface area contributed by atoms with E-state index in [-0.39, 0.29) is 12.4 Å². The molecule has 0 spiro atoms. The van der Waals surface area contributed by atoms with Crippen molar-refractivity contribution in [1.82, 2.24) is 4.58 Å². The van der Waals surface area contributed by atoms with Gasteiger partial charge in [-0.15, -0.1) is 0 Å². The van der Waals surface area contributed by atoms with E-state index in [1.807, 2.05) is 24.3 Å². The van der Waals surface area contributed by atoms with E-state index in [2.05, 4.69) is 45.9 Å². The second-order valence-electron chi connectivity index (χ2n) is 8.97. The van der Waals surface area contributed by atoms with Crippen LogP contribution in [0.5, 0.6) is 0 Å². The number of anilines is 1. The van der Waals surface area contributed by atoms with Gasteiger partial charge in [-0.05, 0) is 36.6 Å². The van der Waals surface area contributed by atoms with E-state index >= 15 is 0 Å². The first-order valence-corrected chi connectivity index (χ1v) is 11.7. The summed E-state index contributed by atoms with van der Waals surface area (Å²) in [5, 5.41) is 2.34. The molecule has 2 fully saturated rings. The molecule has 2 aromatic carbocycles. The third-order valence-corrected chi connectivity index (χ3v) is 6.97.